The van der Waals surface area contributed by atoms with E-state index in [-0.39, 0.29) is 5.75 Å². The summed E-state index contributed by atoms with van der Waals surface area (Å²) >= 11 is 1.28. The number of rotatable bonds is 9. The van der Waals surface area contributed by atoms with Gasteiger partial charge in [-0.05, 0) is 36.2 Å². The number of hydrogen-bond donors (Lipinski definition) is 0. The van der Waals surface area contributed by atoms with Crippen LogP contribution in [0.3, 0.4) is 0 Å². The highest BCUT2D eigenvalue weighted by Crippen LogP contribution is 2.34. The van der Waals surface area contributed by atoms with Crippen LogP contribution in [-0.4, -0.2) is 33.5 Å². The number of thioether (sulfide) groups is 1. The average Bonchev–Trinajstić information content (AvgIpc) is 3.32. The highest BCUT2D eigenvalue weighted by Gasteiger charge is 2.19. The lowest BCUT2D eigenvalue weighted by Gasteiger charge is -2.13. The van der Waals surface area contributed by atoms with Crippen LogP contribution < -0.4 is 0 Å². The molecule has 0 spiro atoms. The number of nitrogens with zero attached hydrogens (tertiary/aromatic N) is 4. The van der Waals surface area contributed by atoms with Crippen LogP contribution in [0.1, 0.15) is 12.0 Å². The molecule has 5 nitrogen and oxygen atoms in total. The first-order valence-corrected chi connectivity index (χ1v) is 12.7. The van der Waals surface area contributed by atoms with Crippen molar-refractivity contribution in [3.8, 4) is 22.6 Å². The maximum absolute atomic E-state index is 13.7. The van der Waals surface area contributed by atoms with E-state index in [1.807, 2.05) is 65.2 Å². The van der Waals surface area contributed by atoms with Crippen LogP contribution in [0.15, 0.2) is 78.0 Å². The van der Waals surface area contributed by atoms with Crippen molar-refractivity contribution in [1.29, 1.82) is 0 Å². The zero-order valence-electron chi connectivity index (χ0n) is 20.0. The Morgan fingerprint density at radius 3 is 2.38 bits per heavy atom. The number of pyridine rings is 1. The number of hydrogen-bond acceptors (Lipinski definition) is 5. The van der Waals surface area contributed by atoms with Gasteiger partial charge in [-0.3, -0.25) is 0 Å². The van der Waals surface area contributed by atoms with Crippen molar-refractivity contribution in [2.75, 3.05) is 13.7 Å². The molecule has 0 bridgehead atoms. The van der Waals surface area contributed by atoms with Gasteiger partial charge in [-0.25, -0.2) is 18.2 Å². The molecule has 0 atom stereocenters. The topological polar surface area (TPSA) is 52.8 Å². The minimum absolute atomic E-state index is 0.197. The third-order valence-corrected chi connectivity index (χ3v) is 6.92. The lowest BCUT2D eigenvalue weighted by molar-refractivity contribution is 0.189. The molecule has 0 aliphatic heterocycles. The number of ether oxygens (including phenoxy) is 1. The summed E-state index contributed by atoms with van der Waals surface area (Å²) in [4.78, 5) is 4.86. The number of para-hydroxylation sites is 1. The minimum atomic E-state index is -1.47. The Morgan fingerprint density at radius 2 is 1.62 bits per heavy atom. The Kier molecular flexibility index (Phi) is 7.52. The Balaban J connectivity index is 1.57. The van der Waals surface area contributed by atoms with E-state index in [1.165, 1.54) is 11.8 Å². The molecule has 37 heavy (non-hydrogen) atoms. The molecule has 5 aromatic rings. The van der Waals surface area contributed by atoms with Crippen LogP contribution in [0.2, 0.25) is 0 Å². The van der Waals surface area contributed by atoms with E-state index in [9.17, 15) is 13.2 Å². The maximum Gasteiger partial charge on any atom is 0.194 e. The lowest BCUT2D eigenvalue weighted by atomic mass is 10.0. The molecule has 0 saturated heterocycles. The first-order valence-electron chi connectivity index (χ1n) is 11.7. The Hall–Kier alpha value is -3.69. The summed E-state index contributed by atoms with van der Waals surface area (Å²) in [5, 5.41) is 10.5. The van der Waals surface area contributed by atoms with Gasteiger partial charge in [0.2, 0.25) is 0 Å². The van der Waals surface area contributed by atoms with E-state index in [0.29, 0.717) is 36.1 Å². The van der Waals surface area contributed by atoms with E-state index in [1.54, 1.807) is 7.11 Å². The number of halogens is 3. The quantitative estimate of drug-likeness (QED) is 0.120. The standard InChI is InChI=1S/C28H23F3N4OS/c1-36-13-7-12-35-27(33-34-28(35)37-17-18-14-22(29)26(31)23(30)15-18)21-16-25(19-8-3-2-4-9-19)32-24-11-6-5-10-20(21)24/h2-6,8-11,14-16H,7,12-13,17H2,1H3. The summed E-state index contributed by atoms with van der Waals surface area (Å²) in [5.74, 6) is -3.05. The molecule has 188 valence electrons. The van der Waals surface area contributed by atoms with Crippen LogP contribution >= 0.6 is 11.8 Å². The van der Waals surface area contributed by atoms with Gasteiger partial charge in [-0.15, -0.1) is 10.2 Å². The van der Waals surface area contributed by atoms with E-state index in [2.05, 4.69) is 10.2 Å². The second-order valence-electron chi connectivity index (χ2n) is 8.40. The van der Waals surface area contributed by atoms with Crippen LogP contribution in [0.5, 0.6) is 0 Å². The van der Waals surface area contributed by atoms with Gasteiger partial charge in [-0.2, -0.15) is 0 Å². The largest absolute Gasteiger partial charge is 0.385 e. The molecule has 9 heteroatoms. The van der Waals surface area contributed by atoms with E-state index >= 15 is 0 Å². The average molecular weight is 521 g/mol. The normalized spacial score (nSPS) is 11.4. The molecular weight excluding hydrogens is 497 g/mol. The van der Waals surface area contributed by atoms with Crippen molar-refractivity contribution in [2.45, 2.75) is 23.9 Å². The number of methoxy groups -OCH3 is 1. The zero-order valence-corrected chi connectivity index (χ0v) is 20.8. The van der Waals surface area contributed by atoms with Gasteiger partial charge in [-0.1, -0.05) is 60.3 Å². The number of aromatic nitrogens is 4. The van der Waals surface area contributed by atoms with Gasteiger partial charge >= 0.3 is 0 Å². The molecule has 0 unspecified atom stereocenters. The maximum atomic E-state index is 13.7. The first kappa shape index (κ1) is 25.0. The summed E-state index contributed by atoms with van der Waals surface area (Å²) in [5.41, 5.74) is 3.81. The van der Waals surface area contributed by atoms with E-state index in [4.69, 9.17) is 9.72 Å². The number of benzene rings is 3. The van der Waals surface area contributed by atoms with E-state index < -0.39 is 17.5 Å². The zero-order chi connectivity index (χ0) is 25.8. The highest BCUT2D eigenvalue weighted by atomic mass is 32.2. The van der Waals surface area contributed by atoms with Gasteiger partial charge in [0, 0.05) is 42.5 Å². The highest BCUT2D eigenvalue weighted by molar-refractivity contribution is 7.98. The Bertz CT molecular complexity index is 1520. The smallest absolute Gasteiger partial charge is 0.194 e. The lowest BCUT2D eigenvalue weighted by Crippen LogP contribution is -2.06. The van der Waals surface area contributed by atoms with Crippen molar-refractivity contribution < 1.29 is 17.9 Å². The molecule has 0 aliphatic rings. The second-order valence-corrected chi connectivity index (χ2v) is 9.35. The first-order chi connectivity index (χ1) is 18.0. The molecule has 2 aromatic heterocycles. The van der Waals surface area contributed by atoms with Crippen LogP contribution in [0.4, 0.5) is 13.2 Å². The van der Waals surface area contributed by atoms with Crippen molar-refractivity contribution >= 4 is 22.7 Å². The van der Waals surface area contributed by atoms with Gasteiger partial charge in [0.15, 0.2) is 28.4 Å². The van der Waals surface area contributed by atoms with Crippen LogP contribution in [0, 0.1) is 17.5 Å². The second kappa shape index (κ2) is 11.1. The van der Waals surface area contributed by atoms with E-state index in [0.717, 1.165) is 39.9 Å². The van der Waals surface area contributed by atoms with Gasteiger partial charge in [0.25, 0.3) is 0 Å². The van der Waals surface area contributed by atoms with Gasteiger partial charge < -0.3 is 9.30 Å². The fraction of sp³-hybridized carbons (Fsp3) is 0.179. The third-order valence-electron chi connectivity index (χ3n) is 5.89. The van der Waals surface area contributed by atoms with Crippen LogP contribution in [0.25, 0.3) is 33.5 Å². The molecule has 0 N–H and O–H groups in total. The fourth-order valence-corrected chi connectivity index (χ4v) is 5.01. The molecule has 0 radical (unpaired) electrons. The summed E-state index contributed by atoms with van der Waals surface area (Å²) in [6.07, 6.45) is 0.712. The Labute approximate surface area is 216 Å². The van der Waals surface area contributed by atoms with Crippen molar-refractivity contribution in [1.82, 2.24) is 19.7 Å². The van der Waals surface area contributed by atoms with Gasteiger partial charge in [0.05, 0.1) is 11.2 Å². The molecule has 0 amide bonds. The molecule has 0 saturated carbocycles. The van der Waals surface area contributed by atoms with Gasteiger partial charge in [0.1, 0.15) is 0 Å². The molecule has 5 rings (SSSR count). The predicted molar refractivity (Wildman–Crippen MR) is 139 cm³/mol. The number of fused-ring (bicyclic) bond motifs is 1. The minimum Gasteiger partial charge on any atom is -0.385 e. The summed E-state index contributed by atoms with van der Waals surface area (Å²) in [6, 6.07) is 21.8. The predicted octanol–water partition coefficient (Wildman–Crippen LogP) is 6.91. The van der Waals surface area contributed by atoms with Crippen molar-refractivity contribution in [2.24, 2.45) is 0 Å². The Morgan fingerprint density at radius 1 is 0.892 bits per heavy atom. The SMILES string of the molecule is COCCCn1c(SCc2cc(F)c(F)c(F)c2)nnc1-c1cc(-c2ccccc2)nc2ccccc12. The third kappa shape index (κ3) is 5.38. The van der Waals surface area contributed by atoms with Crippen LogP contribution in [-0.2, 0) is 17.0 Å². The molecule has 0 aliphatic carbocycles. The summed E-state index contributed by atoms with van der Waals surface area (Å²) < 4.78 is 48.1. The van der Waals surface area contributed by atoms with Crippen molar-refractivity contribution in [3.05, 3.63) is 95.8 Å². The fourth-order valence-electron chi connectivity index (χ4n) is 4.12. The molecular formula is C28H23F3N4OS. The molecule has 2 heterocycles. The molecule has 0 fully saturated rings. The van der Waals surface area contributed by atoms with Crippen molar-refractivity contribution in [3.63, 3.8) is 0 Å². The summed E-state index contributed by atoms with van der Waals surface area (Å²) in [7, 11) is 1.64. The molecule has 3 aromatic carbocycles. The monoisotopic (exact) mass is 520 g/mol. The summed E-state index contributed by atoms with van der Waals surface area (Å²) in [6.45, 7) is 1.12.